The lowest BCUT2D eigenvalue weighted by Crippen LogP contribution is -2.63. The molecule has 2 saturated heterocycles. The number of nitrogens with zero attached hydrogens (tertiary/aromatic N) is 5. The predicted octanol–water partition coefficient (Wildman–Crippen LogP) is 0.142. The number of aromatic nitrogens is 3. The summed E-state index contributed by atoms with van der Waals surface area (Å²) in [6.45, 7) is 0.706. The summed E-state index contributed by atoms with van der Waals surface area (Å²) < 4.78 is 29.5. The summed E-state index contributed by atoms with van der Waals surface area (Å²) in [5.74, 6) is -0.207. The highest BCUT2D eigenvalue weighted by molar-refractivity contribution is 7.89. The van der Waals surface area contributed by atoms with Gasteiger partial charge in [0.2, 0.25) is 21.8 Å². The molecule has 0 aliphatic carbocycles. The van der Waals surface area contributed by atoms with Crippen LogP contribution in [0.4, 0.5) is 5.82 Å². The van der Waals surface area contributed by atoms with Gasteiger partial charge in [0.1, 0.15) is 11.9 Å². The van der Waals surface area contributed by atoms with Crippen LogP contribution in [0.3, 0.4) is 0 Å². The predicted molar refractivity (Wildman–Crippen MR) is 152 cm³/mol. The first-order valence-corrected chi connectivity index (χ1v) is 15.1. The Bertz CT molecular complexity index is 1620. The van der Waals surface area contributed by atoms with Crippen molar-refractivity contribution >= 4 is 50.2 Å². The number of halogens is 1. The van der Waals surface area contributed by atoms with Crippen molar-refractivity contribution in [3.8, 4) is 0 Å². The van der Waals surface area contributed by atoms with E-state index in [1.165, 1.54) is 27.8 Å². The Labute approximate surface area is 241 Å². The highest BCUT2D eigenvalue weighted by atomic mass is 35.5. The Hall–Kier alpha value is -3.46. The summed E-state index contributed by atoms with van der Waals surface area (Å²) in [4.78, 5) is 44.7. The van der Waals surface area contributed by atoms with Crippen LogP contribution >= 0.6 is 11.6 Å². The van der Waals surface area contributed by atoms with E-state index in [4.69, 9.17) is 11.6 Å². The van der Waals surface area contributed by atoms with Gasteiger partial charge in [0.05, 0.1) is 23.1 Å². The van der Waals surface area contributed by atoms with Gasteiger partial charge in [0.25, 0.3) is 5.56 Å². The van der Waals surface area contributed by atoms with Crippen molar-refractivity contribution in [1.82, 2.24) is 29.3 Å². The summed E-state index contributed by atoms with van der Waals surface area (Å²) in [6.07, 6.45) is 3.01. The van der Waals surface area contributed by atoms with Crippen LogP contribution in [0.15, 0.2) is 46.2 Å². The maximum atomic E-state index is 13.6. The molecule has 3 N–H and O–H groups in total. The molecule has 13 nitrogen and oxygen atoms in total. The molecule has 1 unspecified atom stereocenters. The number of anilines is 1. The van der Waals surface area contributed by atoms with Crippen molar-refractivity contribution < 1.29 is 23.1 Å². The Morgan fingerprint density at radius 2 is 1.95 bits per heavy atom. The molecule has 2 fully saturated rings. The van der Waals surface area contributed by atoms with Gasteiger partial charge < -0.3 is 25.2 Å². The lowest BCUT2D eigenvalue weighted by molar-refractivity contribution is -0.145. The van der Waals surface area contributed by atoms with E-state index in [-0.39, 0.29) is 36.1 Å². The number of sulfonamides is 1. The molecule has 2 aliphatic rings. The second kappa shape index (κ2) is 11.8. The molecule has 1 aromatic carbocycles. The molecule has 4 heterocycles. The molecule has 41 heavy (non-hydrogen) atoms. The molecule has 0 radical (unpaired) electrons. The third-order valence-electron chi connectivity index (χ3n) is 7.68. The number of hydrogen-bond donors (Lipinski definition) is 3. The van der Waals surface area contributed by atoms with Gasteiger partial charge in [-0.15, -0.1) is 0 Å². The van der Waals surface area contributed by atoms with E-state index in [9.17, 15) is 27.9 Å². The molecule has 2 amide bonds. The van der Waals surface area contributed by atoms with E-state index in [2.05, 4.69) is 20.3 Å². The largest absolute Gasteiger partial charge is 0.395 e. The van der Waals surface area contributed by atoms with Crippen LogP contribution in [-0.2, 0) is 26.7 Å². The number of rotatable bonds is 8. The lowest BCUT2D eigenvalue weighted by Gasteiger charge is -2.42. The Morgan fingerprint density at radius 1 is 1.20 bits per heavy atom. The van der Waals surface area contributed by atoms with E-state index in [1.807, 2.05) is 0 Å². The van der Waals surface area contributed by atoms with E-state index >= 15 is 0 Å². The van der Waals surface area contributed by atoms with Crippen molar-refractivity contribution in [2.75, 3.05) is 50.8 Å². The van der Waals surface area contributed by atoms with Crippen LogP contribution in [0.1, 0.15) is 12.8 Å². The van der Waals surface area contributed by atoms with Crippen molar-refractivity contribution in [3.05, 3.63) is 51.9 Å². The van der Waals surface area contributed by atoms with Crippen LogP contribution in [-0.4, -0.2) is 101 Å². The molecule has 0 saturated carbocycles. The molecule has 0 spiro atoms. The number of piperazine rings is 1. The van der Waals surface area contributed by atoms with Crippen molar-refractivity contribution in [1.29, 1.82) is 0 Å². The molecule has 220 valence electrons. The number of aryl methyl sites for hydroxylation is 1. The van der Waals surface area contributed by atoms with Gasteiger partial charge >= 0.3 is 0 Å². The first-order chi connectivity index (χ1) is 19.6. The minimum atomic E-state index is -4.11. The molecule has 5 rings (SSSR count). The summed E-state index contributed by atoms with van der Waals surface area (Å²) in [7, 11) is -2.51. The summed E-state index contributed by atoms with van der Waals surface area (Å²) >= 11 is 6.13. The third-order valence-corrected chi connectivity index (χ3v) is 9.80. The zero-order valence-electron chi connectivity index (χ0n) is 22.5. The fourth-order valence-corrected chi connectivity index (χ4v) is 7.01. The lowest BCUT2D eigenvalue weighted by atomic mass is 9.95. The first-order valence-electron chi connectivity index (χ1n) is 13.3. The van der Waals surface area contributed by atoms with Crippen molar-refractivity contribution in [3.63, 3.8) is 0 Å². The van der Waals surface area contributed by atoms with Gasteiger partial charge in [-0.3, -0.25) is 14.4 Å². The molecule has 2 aromatic heterocycles. The monoisotopic (exact) mass is 605 g/mol. The number of aliphatic hydroxyl groups is 1. The number of hydrogen-bond acceptors (Lipinski definition) is 8. The second-order valence-electron chi connectivity index (χ2n) is 10.3. The fourth-order valence-electron chi connectivity index (χ4n) is 5.37. The van der Waals surface area contributed by atoms with Gasteiger partial charge in [0, 0.05) is 62.9 Å². The number of piperidine rings is 1. The number of aromatic amines is 1. The topological polar surface area (TPSA) is 161 Å². The van der Waals surface area contributed by atoms with Gasteiger partial charge in [0.15, 0.2) is 0 Å². The Morgan fingerprint density at radius 3 is 2.66 bits per heavy atom. The second-order valence-corrected chi connectivity index (χ2v) is 12.6. The number of aliphatic hydroxyl groups excluding tert-OH is 1. The summed E-state index contributed by atoms with van der Waals surface area (Å²) in [6, 6.07) is 6.60. The SMILES string of the molecule is Cn1nc(N2CCC(CN3C(=O)CN(S(=O)(=O)c4ccc5c(Cl)c[nH]c5c4)CC3C(=O)NCCO)CC2)ccc1=O. The first kappa shape index (κ1) is 29.0. The number of carbonyl (C=O) groups is 2. The van der Waals surface area contributed by atoms with E-state index in [1.54, 1.807) is 25.4 Å². The van der Waals surface area contributed by atoms with Gasteiger partial charge in [-0.2, -0.15) is 9.40 Å². The summed E-state index contributed by atoms with van der Waals surface area (Å²) in [5, 5.41) is 17.3. The number of carbonyl (C=O) groups excluding carboxylic acids is 2. The minimum Gasteiger partial charge on any atom is -0.395 e. The average molecular weight is 606 g/mol. The summed E-state index contributed by atoms with van der Waals surface area (Å²) in [5.41, 5.74) is 0.348. The quantitative estimate of drug-likeness (QED) is 0.327. The molecular weight excluding hydrogens is 574 g/mol. The number of H-pyrrole nitrogens is 1. The normalized spacial score (nSPS) is 19.2. The Kier molecular flexibility index (Phi) is 8.36. The van der Waals surface area contributed by atoms with Gasteiger partial charge in [-0.25, -0.2) is 13.1 Å². The fraction of sp³-hybridized carbons (Fsp3) is 0.462. The highest BCUT2D eigenvalue weighted by Gasteiger charge is 2.42. The maximum absolute atomic E-state index is 13.6. The third kappa shape index (κ3) is 5.96. The minimum absolute atomic E-state index is 0.0146. The van der Waals surface area contributed by atoms with Gasteiger partial charge in [-0.05, 0) is 43.0 Å². The molecule has 1 atom stereocenters. The van der Waals surface area contributed by atoms with Crippen LogP contribution in [0, 0.1) is 5.92 Å². The van der Waals surface area contributed by atoms with Crippen molar-refractivity contribution in [2.45, 2.75) is 23.8 Å². The molecule has 0 bridgehead atoms. The molecule has 2 aliphatic heterocycles. The van der Waals surface area contributed by atoms with Gasteiger partial charge in [-0.1, -0.05) is 11.6 Å². The zero-order chi connectivity index (χ0) is 29.3. The number of nitrogens with one attached hydrogen (secondary N) is 2. The highest BCUT2D eigenvalue weighted by Crippen LogP contribution is 2.29. The van der Waals surface area contributed by atoms with Crippen LogP contribution in [0.25, 0.3) is 10.9 Å². The van der Waals surface area contributed by atoms with E-state index in [0.29, 0.717) is 41.4 Å². The smallest absolute Gasteiger partial charge is 0.266 e. The van der Waals surface area contributed by atoms with E-state index in [0.717, 1.165) is 17.1 Å². The average Bonchev–Trinajstić information content (AvgIpc) is 3.34. The number of amides is 2. The van der Waals surface area contributed by atoms with Crippen LogP contribution < -0.4 is 15.8 Å². The van der Waals surface area contributed by atoms with Crippen molar-refractivity contribution in [2.24, 2.45) is 13.0 Å². The Balaban J connectivity index is 1.31. The molecule has 15 heteroatoms. The number of benzene rings is 1. The molecular formula is C26H32ClN7O6S. The van der Waals surface area contributed by atoms with Crippen LogP contribution in [0.2, 0.25) is 5.02 Å². The maximum Gasteiger partial charge on any atom is 0.266 e. The van der Waals surface area contributed by atoms with Crippen LogP contribution in [0.5, 0.6) is 0 Å². The zero-order valence-corrected chi connectivity index (χ0v) is 24.1. The standard InChI is InChI=1S/C26H32ClN7O6S/c1-31-24(36)5-4-23(30-31)32-9-6-17(7-10-32)14-34-22(26(38)28-8-11-35)15-33(16-25(34)37)41(39,40)18-2-3-19-20(27)13-29-21(19)12-18/h2-5,12-13,17,22,29,35H,6-11,14-16H2,1H3,(H,28,38). The molecule has 3 aromatic rings. The van der Waals surface area contributed by atoms with E-state index < -0.39 is 34.4 Å². The number of fused-ring (bicyclic) bond motifs is 1.